The third-order valence-corrected chi connectivity index (χ3v) is 6.13. The molecule has 0 unspecified atom stereocenters. The van der Waals surface area contributed by atoms with E-state index in [1.54, 1.807) is 4.90 Å². The molecule has 1 saturated heterocycles. The third kappa shape index (κ3) is 4.96. The van der Waals surface area contributed by atoms with E-state index < -0.39 is 27.4 Å². The molecule has 1 aliphatic heterocycles. The maximum absolute atomic E-state index is 13.2. The molecule has 3 aromatic carbocycles. The zero-order valence-corrected chi connectivity index (χ0v) is 18.3. The van der Waals surface area contributed by atoms with E-state index in [-0.39, 0.29) is 11.7 Å². The number of alkyl halides is 3. The molecule has 4 rings (SSSR count). The third-order valence-electron chi connectivity index (χ3n) is 5.82. The molecule has 1 fully saturated rings. The Balaban J connectivity index is 1.61. The standard InChI is InChI=1S/C24H21ClF3N3O2/c25-20-16-21(22(31(32)33)15-19(20)24(26,27)28)29-11-13-30(14-12-29)23(17-7-3-1-4-8-17)18-9-5-2-6-10-18/h1-10,15-16,23H,11-14H2. The Morgan fingerprint density at radius 3 is 1.85 bits per heavy atom. The van der Waals surface area contributed by atoms with Crippen molar-refractivity contribution >= 4 is 23.0 Å². The van der Waals surface area contributed by atoms with Gasteiger partial charge >= 0.3 is 6.18 Å². The molecule has 0 atom stereocenters. The molecule has 1 heterocycles. The van der Waals surface area contributed by atoms with Gasteiger partial charge in [-0.05, 0) is 17.2 Å². The molecule has 9 heteroatoms. The Labute approximate surface area is 194 Å². The summed E-state index contributed by atoms with van der Waals surface area (Å²) in [5, 5.41) is 11.0. The van der Waals surface area contributed by atoms with Gasteiger partial charge in [-0.2, -0.15) is 13.2 Å². The quantitative estimate of drug-likeness (QED) is 0.326. The maximum Gasteiger partial charge on any atom is 0.418 e. The van der Waals surface area contributed by atoms with Crippen LogP contribution in [0.3, 0.4) is 0 Å². The number of nitrogens with zero attached hydrogens (tertiary/aromatic N) is 3. The van der Waals surface area contributed by atoms with Gasteiger partial charge in [-0.25, -0.2) is 0 Å². The van der Waals surface area contributed by atoms with Crippen LogP contribution in [0.1, 0.15) is 22.7 Å². The van der Waals surface area contributed by atoms with Gasteiger partial charge in [0.25, 0.3) is 5.69 Å². The molecule has 0 radical (unpaired) electrons. The molecule has 5 nitrogen and oxygen atoms in total. The fourth-order valence-electron chi connectivity index (χ4n) is 4.27. The fraction of sp³-hybridized carbons (Fsp3) is 0.250. The number of hydrogen-bond acceptors (Lipinski definition) is 4. The lowest BCUT2D eigenvalue weighted by Crippen LogP contribution is -2.48. The van der Waals surface area contributed by atoms with E-state index in [4.69, 9.17) is 11.6 Å². The minimum Gasteiger partial charge on any atom is -0.363 e. The summed E-state index contributed by atoms with van der Waals surface area (Å²) in [7, 11) is 0. The largest absolute Gasteiger partial charge is 0.418 e. The molecule has 172 valence electrons. The van der Waals surface area contributed by atoms with Crippen molar-refractivity contribution < 1.29 is 18.1 Å². The number of halogens is 4. The summed E-state index contributed by atoms with van der Waals surface area (Å²) >= 11 is 5.87. The van der Waals surface area contributed by atoms with Crippen molar-refractivity contribution in [2.24, 2.45) is 0 Å². The van der Waals surface area contributed by atoms with Crippen LogP contribution in [0.4, 0.5) is 24.5 Å². The minimum atomic E-state index is -4.77. The van der Waals surface area contributed by atoms with Crippen molar-refractivity contribution in [3.05, 3.63) is 105 Å². The molecule has 0 saturated carbocycles. The lowest BCUT2D eigenvalue weighted by atomic mass is 9.96. The van der Waals surface area contributed by atoms with Crippen LogP contribution in [0.15, 0.2) is 72.8 Å². The molecule has 33 heavy (non-hydrogen) atoms. The highest BCUT2D eigenvalue weighted by Gasteiger charge is 2.37. The van der Waals surface area contributed by atoms with E-state index in [9.17, 15) is 23.3 Å². The Kier molecular flexibility index (Phi) is 6.58. The molecule has 0 spiro atoms. The SMILES string of the molecule is O=[N+]([O-])c1cc(C(F)(F)F)c(Cl)cc1N1CCN(C(c2ccccc2)c2ccccc2)CC1. The summed E-state index contributed by atoms with van der Waals surface area (Å²) in [5.41, 5.74) is 0.560. The van der Waals surface area contributed by atoms with Crippen LogP contribution in [-0.2, 0) is 6.18 Å². The van der Waals surface area contributed by atoms with E-state index in [0.29, 0.717) is 32.2 Å². The van der Waals surface area contributed by atoms with Crippen molar-refractivity contribution in [1.29, 1.82) is 0 Å². The average molecular weight is 476 g/mol. The Hall–Kier alpha value is -3.10. The highest BCUT2D eigenvalue weighted by molar-refractivity contribution is 6.31. The van der Waals surface area contributed by atoms with E-state index in [1.807, 2.05) is 36.4 Å². The van der Waals surface area contributed by atoms with Crippen molar-refractivity contribution in [1.82, 2.24) is 4.90 Å². The summed E-state index contributed by atoms with van der Waals surface area (Å²) in [6, 6.07) is 21.7. The van der Waals surface area contributed by atoms with Gasteiger partial charge in [-0.3, -0.25) is 15.0 Å². The zero-order chi connectivity index (χ0) is 23.6. The molecule has 0 bridgehead atoms. The minimum absolute atomic E-state index is 0.000675. The lowest BCUT2D eigenvalue weighted by Gasteiger charge is -2.40. The van der Waals surface area contributed by atoms with Gasteiger partial charge < -0.3 is 4.90 Å². The predicted molar refractivity (Wildman–Crippen MR) is 122 cm³/mol. The number of nitro groups is 1. The topological polar surface area (TPSA) is 49.6 Å². The van der Waals surface area contributed by atoms with Gasteiger partial charge in [0.05, 0.1) is 21.6 Å². The lowest BCUT2D eigenvalue weighted by molar-refractivity contribution is -0.384. The van der Waals surface area contributed by atoms with Crippen LogP contribution in [0, 0.1) is 10.1 Å². The molecular weight excluding hydrogens is 455 g/mol. The summed E-state index contributed by atoms with van der Waals surface area (Å²) in [5.74, 6) is 0. The smallest absolute Gasteiger partial charge is 0.363 e. The van der Waals surface area contributed by atoms with Crippen molar-refractivity contribution in [3.63, 3.8) is 0 Å². The number of rotatable bonds is 5. The molecule has 1 aliphatic rings. The fourth-order valence-corrected chi connectivity index (χ4v) is 4.54. The first-order valence-electron chi connectivity index (χ1n) is 10.4. The van der Waals surface area contributed by atoms with Crippen molar-refractivity contribution in [2.75, 3.05) is 31.1 Å². The number of piperazine rings is 1. The van der Waals surface area contributed by atoms with Gasteiger partial charge in [0.1, 0.15) is 5.69 Å². The Morgan fingerprint density at radius 1 is 0.879 bits per heavy atom. The number of benzene rings is 3. The first kappa shape index (κ1) is 23.1. The van der Waals surface area contributed by atoms with Crippen molar-refractivity contribution in [2.45, 2.75) is 12.2 Å². The van der Waals surface area contributed by atoms with Crippen LogP contribution in [0.25, 0.3) is 0 Å². The summed E-state index contributed by atoms with van der Waals surface area (Å²) in [6.45, 7) is 1.98. The van der Waals surface area contributed by atoms with E-state index in [0.717, 1.165) is 17.2 Å². The normalized spacial score (nSPS) is 15.1. The van der Waals surface area contributed by atoms with Gasteiger partial charge in [0.15, 0.2) is 0 Å². The monoisotopic (exact) mass is 475 g/mol. The second-order valence-corrected chi connectivity index (χ2v) is 8.23. The molecular formula is C24H21ClF3N3O2. The zero-order valence-electron chi connectivity index (χ0n) is 17.5. The summed E-state index contributed by atoms with van der Waals surface area (Å²) < 4.78 is 39.6. The second-order valence-electron chi connectivity index (χ2n) is 7.82. The summed E-state index contributed by atoms with van der Waals surface area (Å²) in [6.07, 6.45) is -4.77. The molecule has 0 aliphatic carbocycles. The highest BCUT2D eigenvalue weighted by Crippen LogP contribution is 2.42. The van der Waals surface area contributed by atoms with Crippen LogP contribution < -0.4 is 4.90 Å². The second kappa shape index (κ2) is 9.41. The average Bonchev–Trinajstić information content (AvgIpc) is 2.80. The van der Waals surface area contributed by atoms with Gasteiger partial charge in [0, 0.05) is 32.2 Å². The van der Waals surface area contributed by atoms with Gasteiger partial charge in [-0.15, -0.1) is 0 Å². The highest BCUT2D eigenvalue weighted by atomic mass is 35.5. The van der Waals surface area contributed by atoms with Gasteiger partial charge in [0.2, 0.25) is 0 Å². The molecule has 0 amide bonds. The van der Waals surface area contributed by atoms with Crippen LogP contribution in [-0.4, -0.2) is 36.0 Å². The number of hydrogen-bond donors (Lipinski definition) is 0. The van der Waals surface area contributed by atoms with E-state index in [2.05, 4.69) is 29.2 Å². The number of nitro benzene ring substituents is 1. The van der Waals surface area contributed by atoms with E-state index >= 15 is 0 Å². The van der Waals surface area contributed by atoms with Crippen molar-refractivity contribution in [3.8, 4) is 0 Å². The van der Waals surface area contributed by atoms with Crippen LogP contribution >= 0.6 is 11.6 Å². The first-order chi connectivity index (χ1) is 15.8. The van der Waals surface area contributed by atoms with E-state index in [1.165, 1.54) is 0 Å². The van der Waals surface area contributed by atoms with Crippen LogP contribution in [0.5, 0.6) is 0 Å². The van der Waals surface area contributed by atoms with Crippen LogP contribution in [0.2, 0.25) is 5.02 Å². The first-order valence-corrected chi connectivity index (χ1v) is 10.8. The Bertz CT molecular complexity index is 1080. The summed E-state index contributed by atoms with van der Waals surface area (Å²) in [4.78, 5) is 14.8. The Morgan fingerprint density at radius 2 is 1.39 bits per heavy atom. The maximum atomic E-state index is 13.2. The number of anilines is 1. The molecule has 0 N–H and O–H groups in total. The van der Waals surface area contributed by atoms with Gasteiger partial charge in [-0.1, -0.05) is 72.3 Å². The predicted octanol–water partition coefficient (Wildman–Crippen LogP) is 6.18. The molecule has 0 aromatic heterocycles. The molecule has 3 aromatic rings.